The van der Waals surface area contributed by atoms with Gasteiger partial charge in [0.05, 0.1) is 6.04 Å². The molecular formula is C11H18N2S. The molecule has 0 radical (unpaired) electrons. The lowest BCUT2D eigenvalue weighted by atomic mass is 10.1. The Morgan fingerprint density at radius 2 is 2.43 bits per heavy atom. The maximum absolute atomic E-state index is 4.33. The molecule has 0 amide bonds. The van der Waals surface area contributed by atoms with Crippen LogP contribution in [0.5, 0.6) is 0 Å². The Kier molecular flexibility index (Phi) is 3.19. The molecule has 0 bridgehead atoms. The van der Waals surface area contributed by atoms with Crippen molar-refractivity contribution < 1.29 is 0 Å². The predicted octanol–water partition coefficient (Wildman–Crippen LogP) is 2.98. The van der Waals surface area contributed by atoms with E-state index in [0.717, 1.165) is 5.92 Å². The second kappa shape index (κ2) is 4.41. The van der Waals surface area contributed by atoms with Crippen molar-refractivity contribution in [3.05, 3.63) is 16.6 Å². The minimum absolute atomic E-state index is 0.422. The van der Waals surface area contributed by atoms with Crippen LogP contribution in [0, 0.1) is 5.92 Å². The van der Waals surface area contributed by atoms with Gasteiger partial charge < -0.3 is 5.32 Å². The van der Waals surface area contributed by atoms with Gasteiger partial charge in [-0.1, -0.05) is 6.92 Å². The Hall–Kier alpha value is -0.410. The summed E-state index contributed by atoms with van der Waals surface area (Å²) in [5.41, 5.74) is 0. The van der Waals surface area contributed by atoms with Crippen LogP contribution in [0.15, 0.2) is 11.6 Å². The first-order valence-corrected chi connectivity index (χ1v) is 6.29. The molecule has 0 aromatic carbocycles. The van der Waals surface area contributed by atoms with Gasteiger partial charge in [-0.25, -0.2) is 4.98 Å². The molecule has 2 rings (SSSR count). The fourth-order valence-electron chi connectivity index (χ4n) is 2.23. The molecular weight excluding hydrogens is 192 g/mol. The van der Waals surface area contributed by atoms with Crippen LogP contribution in [0.25, 0.3) is 0 Å². The van der Waals surface area contributed by atoms with Crippen LogP contribution < -0.4 is 5.32 Å². The maximum Gasteiger partial charge on any atom is 0.109 e. The minimum Gasteiger partial charge on any atom is -0.305 e. The normalized spacial score (nSPS) is 29.3. The molecule has 3 heteroatoms. The quantitative estimate of drug-likeness (QED) is 0.829. The number of thiazole rings is 1. The standard InChI is InChI=1S/C11H18N2S/c1-8-3-4-10(7-8)13-9(2)11-12-5-6-14-11/h5-6,8-10,13H,3-4,7H2,1-2H3. The molecule has 1 fully saturated rings. The molecule has 0 saturated heterocycles. The van der Waals surface area contributed by atoms with E-state index in [9.17, 15) is 0 Å². The number of nitrogens with one attached hydrogen (secondary N) is 1. The van der Waals surface area contributed by atoms with E-state index in [2.05, 4.69) is 24.1 Å². The van der Waals surface area contributed by atoms with Crippen molar-refractivity contribution in [2.24, 2.45) is 5.92 Å². The van der Waals surface area contributed by atoms with E-state index in [0.29, 0.717) is 12.1 Å². The Morgan fingerprint density at radius 3 is 3.00 bits per heavy atom. The Morgan fingerprint density at radius 1 is 1.57 bits per heavy atom. The summed E-state index contributed by atoms with van der Waals surface area (Å²) < 4.78 is 0. The summed E-state index contributed by atoms with van der Waals surface area (Å²) in [7, 11) is 0. The first-order valence-electron chi connectivity index (χ1n) is 5.41. The topological polar surface area (TPSA) is 24.9 Å². The van der Waals surface area contributed by atoms with Gasteiger partial charge in [-0.2, -0.15) is 0 Å². The Balaban J connectivity index is 1.86. The average Bonchev–Trinajstić information content (AvgIpc) is 2.75. The Bertz CT molecular complexity index is 271. The molecule has 1 saturated carbocycles. The van der Waals surface area contributed by atoms with E-state index in [4.69, 9.17) is 0 Å². The summed E-state index contributed by atoms with van der Waals surface area (Å²) in [6.45, 7) is 4.55. The third-order valence-electron chi connectivity index (χ3n) is 3.00. The molecule has 0 aliphatic heterocycles. The van der Waals surface area contributed by atoms with E-state index in [1.807, 2.05) is 11.6 Å². The number of nitrogens with zero attached hydrogens (tertiary/aromatic N) is 1. The zero-order chi connectivity index (χ0) is 9.97. The van der Waals surface area contributed by atoms with Crippen molar-refractivity contribution in [1.29, 1.82) is 0 Å². The molecule has 0 spiro atoms. The highest BCUT2D eigenvalue weighted by atomic mass is 32.1. The lowest BCUT2D eigenvalue weighted by Crippen LogP contribution is -2.29. The zero-order valence-electron chi connectivity index (χ0n) is 8.86. The third kappa shape index (κ3) is 2.34. The van der Waals surface area contributed by atoms with Gasteiger partial charge in [0.1, 0.15) is 5.01 Å². The van der Waals surface area contributed by atoms with E-state index >= 15 is 0 Å². The van der Waals surface area contributed by atoms with Crippen LogP contribution in [0.4, 0.5) is 0 Å². The third-order valence-corrected chi connectivity index (χ3v) is 3.96. The maximum atomic E-state index is 4.33. The van der Waals surface area contributed by atoms with E-state index in [-0.39, 0.29) is 0 Å². The van der Waals surface area contributed by atoms with Crippen LogP contribution in [0.1, 0.15) is 44.2 Å². The average molecular weight is 210 g/mol. The zero-order valence-corrected chi connectivity index (χ0v) is 9.68. The van der Waals surface area contributed by atoms with Gasteiger partial charge in [0.2, 0.25) is 0 Å². The molecule has 1 N–H and O–H groups in total. The first kappa shape index (κ1) is 10.1. The lowest BCUT2D eigenvalue weighted by Gasteiger charge is -2.17. The Labute approximate surface area is 89.8 Å². The molecule has 1 aromatic rings. The summed E-state index contributed by atoms with van der Waals surface area (Å²) in [4.78, 5) is 4.33. The highest BCUT2D eigenvalue weighted by Gasteiger charge is 2.23. The number of hydrogen-bond acceptors (Lipinski definition) is 3. The fraction of sp³-hybridized carbons (Fsp3) is 0.727. The molecule has 1 heterocycles. The molecule has 3 atom stereocenters. The number of aromatic nitrogens is 1. The van der Waals surface area contributed by atoms with Crippen molar-refractivity contribution in [2.75, 3.05) is 0 Å². The van der Waals surface area contributed by atoms with Crippen LogP contribution in [0.3, 0.4) is 0 Å². The molecule has 1 aliphatic carbocycles. The summed E-state index contributed by atoms with van der Waals surface area (Å²) in [5.74, 6) is 0.899. The molecule has 14 heavy (non-hydrogen) atoms. The highest BCUT2D eigenvalue weighted by molar-refractivity contribution is 7.09. The molecule has 1 aromatic heterocycles. The summed E-state index contributed by atoms with van der Waals surface area (Å²) in [5, 5.41) is 6.92. The van der Waals surface area contributed by atoms with Crippen molar-refractivity contribution in [3.63, 3.8) is 0 Å². The van der Waals surface area contributed by atoms with Gasteiger partial charge in [-0.05, 0) is 32.1 Å². The van der Waals surface area contributed by atoms with Gasteiger partial charge in [0, 0.05) is 17.6 Å². The number of rotatable bonds is 3. The second-order valence-corrected chi connectivity index (χ2v) is 5.30. The monoisotopic (exact) mass is 210 g/mol. The highest BCUT2D eigenvalue weighted by Crippen LogP contribution is 2.27. The van der Waals surface area contributed by atoms with Gasteiger partial charge in [-0.15, -0.1) is 11.3 Å². The fourth-order valence-corrected chi connectivity index (χ4v) is 2.89. The smallest absolute Gasteiger partial charge is 0.109 e. The molecule has 3 unspecified atom stereocenters. The van der Waals surface area contributed by atoms with Gasteiger partial charge in [0.25, 0.3) is 0 Å². The van der Waals surface area contributed by atoms with Gasteiger partial charge in [-0.3, -0.25) is 0 Å². The van der Waals surface area contributed by atoms with Crippen molar-refractivity contribution in [1.82, 2.24) is 10.3 Å². The van der Waals surface area contributed by atoms with Crippen LogP contribution in [-0.4, -0.2) is 11.0 Å². The SMILES string of the molecule is CC1CCC(NC(C)c2nccs2)C1. The first-order chi connectivity index (χ1) is 6.75. The van der Waals surface area contributed by atoms with Crippen molar-refractivity contribution in [2.45, 2.75) is 45.2 Å². The van der Waals surface area contributed by atoms with Crippen molar-refractivity contribution >= 4 is 11.3 Å². The summed E-state index contributed by atoms with van der Waals surface area (Å²) in [6.07, 6.45) is 5.92. The molecule has 1 aliphatic rings. The van der Waals surface area contributed by atoms with E-state index < -0.39 is 0 Å². The van der Waals surface area contributed by atoms with E-state index in [1.54, 1.807) is 11.3 Å². The van der Waals surface area contributed by atoms with Crippen LogP contribution >= 0.6 is 11.3 Å². The van der Waals surface area contributed by atoms with E-state index in [1.165, 1.54) is 24.3 Å². The van der Waals surface area contributed by atoms with Crippen molar-refractivity contribution in [3.8, 4) is 0 Å². The van der Waals surface area contributed by atoms with Crippen LogP contribution in [0.2, 0.25) is 0 Å². The molecule has 2 nitrogen and oxygen atoms in total. The minimum atomic E-state index is 0.422. The lowest BCUT2D eigenvalue weighted by molar-refractivity contribution is 0.448. The number of hydrogen-bond donors (Lipinski definition) is 1. The summed E-state index contributed by atoms with van der Waals surface area (Å²) in [6, 6.07) is 1.13. The van der Waals surface area contributed by atoms with Crippen LogP contribution in [-0.2, 0) is 0 Å². The summed E-state index contributed by atoms with van der Waals surface area (Å²) >= 11 is 1.74. The van der Waals surface area contributed by atoms with Gasteiger partial charge >= 0.3 is 0 Å². The predicted molar refractivity (Wildman–Crippen MR) is 60.5 cm³/mol. The van der Waals surface area contributed by atoms with Gasteiger partial charge in [0.15, 0.2) is 0 Å². The second-order valence-electron chi connectivity index (χ2n) is 4.37. The largest absolute Gasteiger partial charge is 0.305 e. The molecule has 78 valence electrons.